The maximum absolute atomic E-state index is 14.0. The summed E-state index contributed by atoms with van der Waals surface area (Å²) in [5.41, 5.74) is 2.75. The van der Waals surface area contributed by atoms with Gasteiger partial charge in [-0.05, 0) is 25.0 Å². The van der Waals surface area contributed by atoms with Crippen molar-refractivity contribution in [1.82, 2.24) is 15.3 Å². The van der Waals surface area contributed by atoms with E-state index in [1.54, 1.807) is 0 Å². The van der Waals surface area contributed by atoms with Gasteiger partial charge in [0.1, 0.15) is 5.75 Å². The third kappa shape index (κ3) is 5.09. The molecule has 0 spiro atoms. The number of allylic oxidation sites excluding steroid dienone is 1. The molecule has 11 heteroatoms. The largest absolute Gasteiger partial charge is 0.494 e. The van der Waals surface area contributed by atoms with Crippen molar-refractivity contribution in [3.05, 3.63) is 81.4 Å². The van der Waals surface area contributed by atoms with Crippen LogP contribution < -0.4 is 20.7 Å². The Morgan fingerprint density at radius 1 is 1.24 bits per heavy atom. The molecule has 3 aromatic rings. The summed E-state index contributed by atoms with van der Waals surface area (Å²) < 4.78 is 19.2. The molecule has 0 aliphatic rings. The second-order valence-corrected chi connectivity index (χ2v) is 7.06. The number of anilines is 3. The van der Waals surface area contributed by atoms with E-state index in [1.807, 2.05) is 44.2 Å². The lowest BCUT2D eigenvalue weighted by Crippen LogP contribution is -2.25. The van der Waals surface area contributed by atoms with Gasteiger partial charge in [-0.1, -0.05) is 30.3 Å². The monoisotopic (exact) mass is 466 g/mol. The van der Waals surface area contributed by atoms with Crippen LogP contribution in [-0.2, 0) is 0 Å². The maximum Gasteiger partial charge on any atom is 0.319 e. The fraction of sp³-hybridized carbons (Fsp3) is 0.174. The third-order valence-electron chi connectivity index (χ3n) is 4.96. The normalized spacial score (nSPS) is 11.0. The second kappa shape index (κ2) is 10.4. The highest BCUT2D eigenvalue weighted by atomic mass is 19.1. The van der Waals surface area contributed by atoms with Crippen molar-refractivity contribution >= 4 is 34.6 Å². The summed E-state index contributed by atoms with van der Waals surface area (Å²) in [5, 5.41) is 19.2. The molecule has 176 valence electrons. The number of nitro benzene ring substituents is 1. The van der Waals surface area contributed by atoms with Gasteiger partial charge in [-0.3, -0.25) is 10.1 Å². The standard InChI is InChI=1S/C23H23FN6O4/c1-5-14(15-9-7-6-8-13(15)2)21-18(28-23(31)25-3)12-26-22(29-21)27-17-11-19(30(32)33)16(24)10-20(17)34-4/h5-12H,1-4H3,(H2,25,28,31)(H,26,27,29)/b14-5+. The molecule has 10 nitrogen and oxygen atoms in total. The summed E-state index contributed by atoms with van der Waals surface area (Å²) in [6.07, 6.45) is 3.26. The molecular weight excluding hydrogens is 443 g/mol. The minimum absolute atomic E-state index is 0.0333. The number of amides is 2. The van der Waals surface area contributed by atoms with Gasteiger partial charge in [-0.25, -0.2) is 14.8 Å². The number of aromatic nitrogens is 2. The molecule has 2 amide bonds. The van der Waals surface area contributed by atoms with E-state index in [1.165, 1.54) is 20.4 Å². The van der Waals surface area contributed by atoms with Crippen LogP contribution in [0.5, 0.6) is 5.75 Å². The first kappa shape index (κ1) is 24.1. The van der Waals surface area contributed by atoms with Crippen molar-refractivity contribution in [2.45, 2.75) is 13.8 Å². The summed E-state index contributed by atoms with van der Waals surface area (Å²) in [6, 6.07) is 9.14. The summed E-state index contributed by atoms with van der Waals surface area (Å²) in [7, 11) is 2.79. The molecule has 3 rings (SSSR count). The van der Waals surface area contributed by atoms with E-state index >= 15 is 0 Å². The molecule has 0 radical (unpaired) electrons. The fourth-order valence-corrected chi connectivity index (χ4v) is 3.29. The van der Waals surface area contributed by atoms with Crippen LogP contribution in [0, 0.1) is 22.9 Å². The zero-order chi connectivity index (χ0) is 24.8. The van der Waals surface area contributed by atoms with Gasteiger partial charge in [-0.2, -0.15) is 4.39 Å². The first-order valence-electron chi connectivity index (χ1n) is 10.2. The number of halogens is 1. The summed E-state index contributed by atoms with van der Waals surface area (Å²) in [4.78, 5) is 31.1. The fourth-order valence-electron chi connectivity index (χ4n) is 3.29. The molecule has 0 saturated carbocycles. The Labute approximate surface area is 195 Å². The topological polar surface area (TPSA) is 131 Å². The summed E-state index contributed by atoms with van der Waals surface area (Å²) in [6.45, 7) is 3.79. The first-order chi connectivity index (χ1) is 16.3. The van der Waals surface area contributed by atoms with Gasteiger partial charge in [0, 0.05) is 24.8 Å². The number of nitrogens with zero attached hydrogens (tertiary/aromatic N) is 3. The van der Waals surface area contributed by atoms with E-state index in [2.05, 4.69) is 25.9 Å². The van der Waals surface area contributed by atoms with Crippen LogP contribution in [0.15, 0.2) is 48.7 Å². The van der Waals surface area contributed by atoms with E-state index in [9.17, 15) is 19.3 Å². The highest BCUT2D eigenvalue weighted by molar-refractivity contribution is 5.94. The minimum atomic E-state index is -1.03. The number of urea groups is 1. The predicted octanol–water partition coefficient (Wildman–Crippen LogP) is 4.79. The summed E-state index contributed by atoms with van der Waals surface area (Å²) in [5.74, 6) is -0.939. The lowest BCUT2D eigenvalue weighted by Gasteiger charge is -2.17. The van der Waals surface area contributed by atoms with Gasteiger partial charge in [0.05, 0.1) is 35.3 Å². The smallest absolute Gasteiger partial charge is 0.319 e. The predicted molar refractivity (Wildman–Crippen MR) is 127 cm³/mol. The first-order valence-corrected chi connectivity index (χ1v) is 10.2. The molecule has 0 bridgehead atoms. The van der Waals surface area contributed by atoms with Gasteiger partial charge in [-0.15, -0.1) is 0 Å². The van der Waals surface area contributed by atoms with Crippen molar-refractivity contribution in [3.8, 4) is 5.75 Å². The van der Waals surface area contributed by atoms with Crippen LogP contribution in [0.1, 0.15) is 23.7 Å². The van der Waals surface area contributed by atoms with Crippen molar-refractivity contribution in [2.75, 3.05) is 24.8 Å². The number of nitrogens with one attached hydrogen (secondary N) is 3. The second-order valence-electron chi connectivity index (χ2n) is 7.06. The molecule has 34 heavy (non-hydrogen) atoms. The van der Waals surface area contributed by atoms with Gasteiger partial charge >= 0.3 is 11.7 Å². The van der Waals surface area contributed by atoms with Gasteiger partial charge < -0.3 is 20.7 Å². The van der Waals surface area contributed by atoms with E-state index in [0.29, 0.717) is 11.4 Å². The zero-order valence-electron chi connectivity index (χ0n) is 19.0. The SMILES string of the molecule is C/C=C(\c1ccccc1C)c1nc(Nc2cc([N+](=O)[O-])c(F)cc2OC)ncc1NC(=O)NC. The highest BCUT2D eigenvalue weighted by Crippen LogP contribution is 2.35. The number of hydrogen-bond acceptors (Lipinski definition) is 7. The molecular formula is C23H23FN6O4. The highest BCUT2D eigenvalue weighted by Gasteiger charge is 2.21. The number of benzene rings is 2. The molecule has 0 atom stereocenters. The third-order valence-corrected chi connectivity index (χ3v) is 4.96. The van der Waals surface area contributed by atoms with E-state index in [0.717, 1.165) is 28.8 Å². The van der Waals surface area contributed by atoms with Crippen molar-refractivity contribution < 1.29 is 18.8 Å². The van der Waals surface area contributed by atoms with E-state index in [-0.39, 0.29) is 17.4 Å². The average molecular weight is 466 g/mol. The Morgan fingerprint density at radius 3 is 2.59 bits per heavy atom. The van der Waals surface area contributed by atoms with Crippen LogP contribution in [0.4, 0.5) is 32.2 Å². The van der Waals surface area contributed by atoms with Crippen LogP contribution in [0.25, 0.3) is 5.57 Å². The average Bonchev–Trinajstić information content (AvgIpc) is 2.82. The number of methoxy groups -OCH3 is 1. The van der Waals surface area contributed by atoms with Crippen molar-refractivity contribution in [2.24, 2.45) is 0 Å². The summed E-state index contributed by atoms with van der Waals surface area (Å²) >= 11 is 0. The Balaban J connectivity index is 2.13. The van der Waals surface area contributed by atoms with E-state index in [4.69, 9.17) is 4.74 Å². The molecule has 1 aromatic heterocycles. The van der Waals surface area contributed by atoms with Crippen LogP contribution in [0.3, 0.4) is 0 Å². The lowest BCUT2D eigenvalue weighted by molar-refractivity contribution is -0.387. The Morgan fingerprint density at radius 2 is 1.97 bits per heavy atom. The number of carbonyl (C=O) groups is 1. The molecule has 2 aromatic carbocycles. The number of hydrogen-bond donors (Lipinski definition) is 3. The van der Waals surface area contributed by atoms with Gasteiger partial charge in [0.2, 0.25) is 11.8 Å². The number of ether oxygens (including phenoxy) is 1. The van der Waals surface area contributed by atoms with Crippen molar-refractivity contribution in [1.29, 1.82) is 0 Å². The lowest BCUT2D eigenvalue weighted by atomic mass is 9.97. The van der Waals surface area contributed by atoms with Crippen LogP contribution in [-0.4, -0.2) is 35.1 Å². The number of rotatable bonds is 7. The Kier molecular flexibility index (Phi) is 7.36. The maximum atomic E-state index is 14.0. The quantitative estimate of drug-likeness (QED) is 0.337. The Bertz CT molecular complexity index is 1280. The van der Waals surface area contributed by atoms with Crippen LogP contribution in [0.2, 0.25) is 0 Å². The molecule has 1 heterocycles. The van der Waals surface area contributed by atoms with Gasteiger partial charge in [0.15, 0.2) is 0 Å². The number of nitro groups is 1. The molecule has 0 unspecified atom stereocenters. The van der Waals surface area contributed by atoms with Crippen LogP contribution >= 0.6 is 0 Å². The van der Waals surface area contributed by atoms with Crippen molar-refractivity contribution in [3.63, 3.8) is 0 Å². The Hall–Kier alpha value is -4.54. The van der Waals surface area contributed by atoms with E-state index < -0.39 is 22.5 Å². The molecule has 0 aliphatic carbocycles. The molecule has 3 N–H and O–H groups in total. The van der Waals surface area contributed by atoms with Gasteiger partial charge in [0.25, 0.3) is 0 Å². The molecule has 0 aliphatic heterocycles. The number of aryl methyl sites for hydroxylation is 1. The number of carbonyl (C=O) groups excluding carboxylic acids is 1. The minimum Gasteiger partial charge on any atom is -0.494 e. The molecule has 0 saturated heterocycles. The zero-order valence-corrected chi connectivity index (χ0v) is 19.0. The molecule has 0 fully saturated rings.